The normalized spacial score (nSPS) is 22.7. The molecule has 1 amide bonds. The van der Waals surface area contributed by atoms with Gasteiger partial charge in [0.25, 0.3) is 5.89 Å². The summed E-state index contributed by atoms with van der Waals surface area (Å²) in [6.07, 6.45) is 5.77. The average Bonchev–Trinajstić information content (AvgIpc) is 3.44. The van der Waals surface area contributed by atoms with Crippen LogP contribution >= 0.6 is 0 Å². The molecule has 42 heavy (non-hydrogen) atoms. The van der Waals surface area contributed by atoms with Gasteiger partial charge in [0.2, 0.25) is 0 Å². The number of fused-ring (bicyclic) bond motifs is 3. The van der Waals surface area contributed by atoms with Gasteiger partial charge in [0.15, 0.2) is 5.82 Å². The Morgan fingerprint density at radius 2 is 1.60 bits per heavy atom. The zero-order valence-electron chi connectivity index (χ0n) is 25.2. The van der Waals surface area contributed by atoms with Crippen LogP contribution in [0.1, 0.15) is 97.3 Å². The van der Waals surface area contributed by atoms with Crippen molar-refractivity contribution < 1.29 is 27.9 Å². The van der Waals surface area contributed by atoms with Crippen LogP contribution in [0.15, 0.2) is 47.1 Å². The van der Waals surface area contributed by atoms with E-state index < -0.39 is 29.1 Å². The van der Waals surface area contributed by atoms with Gasteiger partial charge in [-0.3, -0.25) is 4.90 Å². The van der Waals surface area contributed by atoms with Gasteiger partial charge in [-0.2, -0.15) is 13.8 Å². The molecule has 8 nitrogen and oxygen atoms in total. The van der Waals surface area contributed by atoms with Gasteiger partial charge in [0, 0.05) is 25.1 Å². The summed E-state index contributed by atoms with van der Waals surface area (Å²) in [4.78, 5) is 23.9. The van der Waals surface area contributed by atoms with E-state index >= 15 is 0 Å². The lowest BCUT2D eigenvalue weighted by atomic mass is 9.53. The van der Waals surface area contributed by atoms with E-state index in [1.54, 1.807) is 24.9 Å². The van der Waals surface area contributed by atoms with Crippen LogP contribution < -0.4 is 4.90 Å². The van der Waals surface area contributed by atoms with Crippen LogP contribution in [0.3, 0.4) is 0 Å². The van der Waals surface area contributed by atoms with Crippen LogP contribution in [-0.2, 0) is 21.7 Å². The lowest BCUT2D eigenvalue weighted by molar-refractivity contribution is -0.0158. The van der Waals surface area contributed by atoms with Crippen molar-refractivity contribution in [3.63, 3.8) is 0 Å². The number of aliphatic hydroxyl groups is 1. The Kier molecular flexibility index (Phi) is 7.44. The zero-order valence-corrected chi connectivity index (χ0v) is 25.2. The van der Waals surface area contributed by atoms with Crippen LogP contribution in [-0.4, -0.2) is 38.5 Å². The molecular formula is C32H40F2N4O4. The molecular weight excluding hydrogens is 542 g/mol. The van der Waals surface area contributed by atoms with E-state index in [9.17, 15) is 18.7 Å². The first kappa shape index (κ1) is 30.1. The van der Waals surface area contributed by atoms with Crippen molar-refractivity contribution in [2.45, 2.75) is 103 Å². The first-order chi connectivity index (χ1) is 19.5. The maximum absolute atomic E-state index is 13.8. The lowest BCUT2D eigenvalue weighted by Crippen LogP contribution is -2.51. The fourth-order valence-corrected chi connectivity index (χ4v) is 6.16. The zero-order chi connectivity index (χ0) is 30.6. The second-order valence-electron chi connectivity index (χ2n) is 13.7. The van der Waals surface area contributed by atoms with Crippen molar-refractivity contribution in [3.05, 3.63) is 59.9 Å². The molecule has 3 aromatic rings. The number of amides is 1. The number of pyridine rings is 1. The molecule has 2 bridgehead atoms. The van der Waals surface area contributed by atoms with Crippen LogP contribution in [0, 0.1) is 5.41 Å². The Morgan fingerprint density at radius 3 is 2.12 bits per heavy atom. The molecule has 0 radical (unpaired) electrons. The minimum Gasteiger partial charge on any atom is -0.443 e. The number of carbonyl (C=O) groups is 1. The highest BCUT2D eigenvalue weighted by Gasteiger charge is 2.53. The summed E-state index contributed by atoms with van der Waals surface area (Å²) in [7, 11) is 0. The second kappa shape index (κ2) is 10.4. The van der Waals surface area contributed by atoms with Gasteiger partial charge >= 0.3 is 12.0 Å². The fourth-order valence-electron chi connectivity index (χ4n) is 6.16. The highest BCUT2D eigenvalue weighted by molar-refractivity contribution is 5.87. The van der Waals surface area contributed by atoms with E-state index in [0.29, 0.717) is 18.2 Å². The van der Waals surface area contributed by atoms with E-state index in [-0.39, 0.29) is 10.8 Å². The molecule has 1 aromatic carbocycles. The Hall–Kier alpha value is -3.40. The molecule has 226 valence electrons. The standard InChI is InChI=1S/C32H40F2N4O4/c1-28(2,3)41-27(39)38(24-19-22(11-18-35-24)21-7-9-23(10-8-21)29(4,5)40)20-31-12-15-32(16-13-31,17-14-31)25-36-26(42-37-25)30(6,33)34/h7-11,18-19,40H,12-17,20H2,1-6H3. The SMILES string of the molecule is CC(C)(C)OC(=O)N(CC12CCC(c3noc(C(C)(F)F)n3)(CC1)CC2)c1cc(-c2ccc(C(C)(C)O)cc2)ccn1. The first-order valence-corrected chi connectivity index (χ1v) is 14.5. The first-order valence-electron chi connectivity index (χ1n) is 14.5. The Balaban J connectivity index is 1.40. The number of benzene rings is 1. The van der Waals surface area contributed by atoms with Gasteiger partial charge in [-0.15, -0.1) is 0 Å². The van der Waals surface area contributed by atoms with Crippen molar-refractivity contribution in [1.82, 2.24) is 15.1 Å². The summed E-state index contributed by atoms with van der Waals surface area (Å²) in [5, 5.41) is 14.3. The lowest BCUT2D eigenvalue weighted by Gasteiger charge is -2.53. The molecule has 0 unspecified atom stereocenters. The van der Waals surface area contributed by atoms with E-state index in [4.69, 9.17) is 9.26 Å². The van der Waals surface area contributed by atoms with Crippen molar-refractivity contribution >= 4 is 11.9 Å². The Bertz CT molecular complexity index is 1410. The molecule has 2 aromatic heterocycles. The smallest absolute Gasteiger partial charge is 0.416 e. The van der Waals surface area contributed by atoms with Gasteiger partial charge in [-0.1, -0.05) is 29.4 Å². The number of hydrogen-bond acceptors (Lipinski definition) is 7. The van der Waals surface area contributed by atoms with Crippen molar-refractivity contribution in [2.75, 3.05) is 11.4 Å². The minimum atomic E-state index is -3.18. The molecule has 0 aliphatic heterocycles. The monoisotopic (exact) mass is 582 g/mol. The molecule has 0 saturated heterocycles. The number of hydrogen-bond donors (Lipinski definition) is 1. The predicted octanol–water partition coefficient (Wildman–Crippen LogP) is 7.50. The number of carbonyl (C=O) groups excluding carboxylic acids is 1. The number of aromatic nitrogens is 3. The third-order valence-corrected chi connectivity index (χ3v) is 8.73. The number of ether oxygens (including phenoxy) is 1. The molecule has 3 saturated carbocycles. The molecule has 2 heterocycles. The van der Waals surface area contributed by atoms with E-state index in [1.165, 1.54) is 0 Å². The topological polar surface area (TPSA) is 102 Å². The van der Waals surface area contributed by atoms with Gasteiger partial charge in [-0.25, -0.2) is 9.78 Å². The van der Waals surface area contributed by atoms with Crippen molar-refractivity contribution in [2.24, 2.45) is 5.41 Å². The third kappa shape index (κ3) is 6.19. The quantitative estimate of drug-likeness (QED) is 0.308. The maximum Gasteiger partial charge on any atom is 0.416 e. The molecule has 0 atom stereocenters. The molecule has 0 spiro atoms. The summed E-state index contributed by atoms with van der Waals surface area (Å²) in [5.41, 5.74) is 0.432. The minimum absolute atomic E-state index is 0.175. The predicted molar refractivity (Wildman–Crippen MR) is 154 cm³/mol. The highest BCUT2D eigenvalue weighted by atomic mass is 19.3. The molecule has 3 aliphatic carbocycles. The van der Waals surface area contributed by atoms with Gasteiger partial charge in [-0.05, 0) is 107 Å². The largest absolute Gasteiger partial charge is 0.443 e. The second-order valence-corrected chi connectivity index (χ2v) is 13.7. The number of alkyl halides is 2. The molecule has 3 aliphatic rings. The Labute approximate surface area is 245 Å². The average molecular weight is 583 g/mol. The van der Waals surface area contributed by atoms with E-state index in [0.717, 1.165) is 62.1 Å². The summed E-state index contributed by atoms with van der Waals surface area (Å²) in [6, 6.07) is 11.5. The van der Waals surface area contributed by atoms with Crippen molar-refractivity contribution in [1.29, 1.82) is 0 Å². The molecule has 6 rings (SSSR count). The maximum atomic E-state index is 13.8. The van der Waals surface area contributed by atoms with E-state index in [1.807, 2.05) is 57.2 Å². The summed E-state index contributed by atoms with van der Waals surface area (Å²) in [6.45, 7) is 10.2. The summed E-state index contributed by atoms with van der Waals surface area (Å²) >= 11 is 0. The number of anilines is 1. The van der Waals surface area contributed by atoms with Crippen LogP contribution in [0.4, 0.5) is 19.4 Å². The fraction of sp³-hybridized carbons (Fsp3) is 0.562. The summed E-state index contributed by atoms with van der Waals surface area (Å²) < 4.78 is 38.3. The molecule has 3 fully saturated rings. The highest BCUT2D eigenvalue weighted by Crippen LogP contribution is 2.57. The van der Waals surface area contributed by atoms with E-state index in [2.05, 4.69) is 15.1 Å². The van der Waals surface area contributed by atoms with Gasteiger partial charge < -0.3 is 14.4 Å². The van der Waals surface area contributed by atoms with Crippen molar-refractivity contribution in [3.8, 4) is 11.1 Å². The van der Waals surface area contributed by atoms with Gasteiger partial charge in [0.05, 0.1) is 5.60 Å². The summed E-state index contributed by atoms with van der Waals surface area (Å²) in [5.74, 6) is -2.97. The molecule has 1 N–H and O–H groups in total. The number of rotatable bonds is 7. The molecule has 10 heteroatoms. The number of halogens is 2. The van der Waals surface area contributed by atoms with Gasteiger partial charge in [0.1, 0.15) is 11.4 Å². The number of nitrogens with zero attached hydrogens (tertiary/aromatic N) is 4. The Morgan fingerprint density at radius 1 is 0.976 bits per heavy atom. The van der Waals surface area contributed by atoms with Crippen LogP contribution in [0.2, 0.25) is 0 Å². The van der Waals surface area contributed by atoms with Crippen LogP contribution in [0.5, 0.6) is 0 Å². The van der Waals surface area contributed by atoms with Crippen LogP contribution in [0.25, 0.3) is 11.1 Å². The third-order valence-electron chi connectivity index (χ3n) is 8.73.